The number of alkyl carbamates (subject to hydrolysis) is 1. The quantitative estimate of drug-likeness (QED) is 0.454. The maximum absolute atomic E-state index is 13.5. The second-order valence-electron chi connectivity index (χ2n) is 10.7. The Morgan fingerprint density at radius 2 is 1.53 bits per heavy atom. The zero-order chi connectivity index (χ0) is 26.3. The van der Waals surface area contributed by atoms with Crippen LogP contribution in [-0.2, 0) is 20.9 Å². The summed E-state index contributed by atoms with van der Waals surface area (Å²) < 4.78 is 5.70. The highest BCUT2D eigenvalue weighted by atomic mass is 16.5. The normalized spacial score (nSPS) is 22.6. The molecular weight excluding hydrogens is 480 g/mol. The highest BCUT2D eigenvalue weighted by Gasteiger charge is 2.66. The summed E-state index contributed by atoms with van der Waals surface area (Å²) in [7, 11) is 0. The fourth-order valence-corrected chi connectivity index (χ4v) is 6.55. The third kappa shape index (κ3) is 4.42. The van der Waals surface area contributed by atoms with Gasteiger partial charge in [-0.2, -0.15) is 0 Å². The van der Waals surface area contributed by atoms with E-state index in [0.29, 0.717) is 12.8 Å². The van der Waals surface area contributed by atoms with Crippen LogP contribution in [0.15, 0.2) is 78.9 Å². The summed E-state index contributed by atoms with van der Waals surface area (Å²) in [5.74, 6) is -1.03. The molecule has 0 saturated heterocycles. The SMILES string of the molecule is O=C(O)CN(Cc1ccccc1)C(=O)[C@]12C[C@H](NC(=O)OCC3c4ccccc4-c4ccccc43)C[C@H]1C2. The minimum Gasteiger partial charge on any atom is -0.480 e. The van der Waals surface area contributed by atoms with Crippen LogP contribution in [0.5, 0.6) is 0 Å². The number of carbonyl (C=O) groups excluding carboxylic acids is 2. The van der Waals surface area contributed by atoms with Gasteiger partial charge in [-0.15, -0.1) is 0 Å². The van der Waals surface area contributed by atoms with Crippen molar-refractivity contribution in [3.05, 3.63) is 95.6 Å². The van der Waals surface area contributed by atoms with Crippen LogP contribution in [-0.4, -0.2) is 47.2 Å². The van der Waals surface area contributed by atoms with Crippen molar-refractivity contribution in [1.29, 1.82) is 0 Å². The molecule has 0 spiro atoms. The molecule has 0 heterocycles. The minimum absolute atomic E-state index is 0.0133. The summed E-state index contributed by atoms with van der Waals surface area (Å²) in [6.07, 6.45) is 1.46. The predicted octanol–water partition coefficient (Wildman–Crippen LogP) is 4.81. The zero-order valence-corrected chi connectivity index (χ0v) is 21.0. The lowest BCUT2D eigenvalue weighted by Gasteiger charge is -2.26. The van der Waals surface area contributed by atoms with Crippen LogP contribution in [0.25, 0.3) is 11.1 Å². The lowest BCUT2D eigenvalue weighted by Crippen LogP contribution is -2.42. The number of nitrogens with one attached hydrogen (secondary N) is 1. The fourth-order valence-electron chi connectivity index (χ4n) is 6.55. The summed E-state index contributed by atoms with van der Waals surface area (Å²) in [6.45, 7) is 0.154. The van der Waals surface area contributed by atoms with Gasteiger partial charge in [0, 0.05) is 18.5 Å². The fraction of sp³-hybridized carbons (Fsp3) is 0.323. The summed E-state index contributed by atoms with van der Waals surface area (Å²) in [5.41, 5.74) is 4.97. The molecule has 2 N–H and O–H groups in total. The van der Waals surface area contributed by atoms with Crippen LogP contribution >= 0.6 is 0 Å². The Kier molecular flexibility index (Phi) is 6.14. The number of carbonyl (C=O) groups is 3. The third-order valence-corrected chi connectivity index (χ3v) is 8.33. The molecule has 0 aromatic heterocycles. The van der Waals surface area contributed by atoms with E-state index < -0.39 is 17.5 Å². The van der Waals surface area contributed by atoms with Crippen molar-refractivity contribution in [3.63, 3.8) is 0 Å². The largest absolute Gasteiger partial charge is 0.480 e. The van der Waals surface area contributed by atoms with Gasteiger partial charge in [0.25, 0.3) is 0 Å². The number of hydrogen-bond donors (Lipinski definition) is 2. The summed E-state index contributed by atoms with van der Waals surface area (Å²) in [6, 6.07) is 25.7. The molecule has 0 radical (unpaired) electrons. The van der Waals surface area contributed by atoms with E-state index in [2.05, 4.69) is 29.6 Å². The van der Waals surface area contributed by atoms with Crippen LogP contribution < -0.4 is 5.32 Å². The number of ether oxygens (including phenoxy) is 1. The number of nitrogens with zero attached hydrogens (tertiary/aromatic N) is 1. The molecule has 3 aliphatic carbocycles. The lowest BCUT2D eigenvalue weighted by atomic mass is 9.98. The molecule has 6 rings (SSSR count). The first-order chi connectivity index (χ1) is 18.4. The van der Waals surface area contributed by atoms with Crippen LogP contribution in [0.2, 0.25) is 0 Å². The van der Waals surface area contributed by atoms with E-state index >= 15 is 0 Å². The van der Waals surface area contributed by atoms with Crippen LogP contribution in [0.1, 0.15) is 41.9 Å². The number of rotatable bonds is 8. The molecule has 0 bridgehead atoms. The summed E-state index contributed by atoms with van der Waals surface area (Å²) in [5, 5.41) is 12.4. The number of carboxylic acid groups (broad SMARTS) is 1. The highest BCUT2D eigenvalue weighted by molar-refractivity contribution is 5.89. The van der Waals surface area contributed by atoms with Crippen LogP contribution in [0.3, 0.4) is 0 Å². The van der Waals surface area contributed by atoms with Crippen molar-refractivity contribution in [2.24, 2.45) is 11.3 Å². The van der Waals surface area contributed by atoms with E-state index in [9.17, 15) is 19.5 Å². The highest BCUT2D eigenvalue weighted by Crippen LogP contribution is 2.64. The van der Waals surface area contributed by atoms with Crippen molar-refractivity contribution < 1.29 is 24.2 Å². The maximum atomic E-state index is 13.5. The van der Waals surface area contributed by atoms with Gasteiger partial charge in [0.2, 0.25) is 5.91 Å². The Balaban J connectivity index is 1.08. The van der Waals surface area contributed by atoms with Gasteiger partial charge in [-0.05, 0) is 53.0 Å². The molecule has 0 unspecified atom stereocenters. The van der Waals surface area contributed by atoms with E-state index in [0.717, 1.165) is 23.1 Å². The molecule has 3 atom stereocenters. The first-order valence-electron chi connectivity index (χ1n) is 13.1. The van der Waals surface area contributed by atoms with Crippen LogP contribution in [0.4, 0.5) is 4.79 Å². The van der Waals surface area contributed by atoms with Gasteiger partial charge in [-0.3, -0.25) is 9.59 Å². The lowest BCUT2D eigenvalue weighted by molar-refractivity contribution is -0.147. The molecule has 7 nitrogen and oxygen atoms in total. The van der Waals surface area contributed by atoms with E-state index in [1.54, 1.807) is 0 Å². The number of fused-ring (bicyclic) bond motifs is 4. The van der Waals surface area contributed by atoms with E-state index in [-0.39, 0.29) is 43.5 Å². The van der Waals surface area contributed by atoms with Gasteiger partial charge in [0.1, 0.15) is 13.2 Å². The van der Waals surface area contributed by atoms with Crippen molar-refractivity contribution in [2.75, 3.05) is 13.2 Å². The van der Waals surface area contributed by atoms with Crippen LogP contribution in [0, 0.1) is 11.3 Å². The average Bonchev–Trinajstić information content (AvgIpc) is 3.34. The standard InChI is InChI=1S/C31H30N2O5/c34-28(35)18-33(17-20-8-2-1-3-9-20)29(36)31-15-21(31)14-22(16-31)32-30(37)38-19-27-25-12-6-4-10-23(25)24-11-5-7-13-26(24)27/h1-13,21-22,27H,14-19H2,(H,32,37)(H,34,35)/t21-,22+,31+/m0/s1. The molecule has 3 aliphatic rings. The minimum atomic E-state index is -1.03. The summed E-state index contributed by atoms with van der Waals surface area (Å²) in [4.78, 5) is 39.3. The second kappa shape index (κ2) is 9.63. The first kappa shape index (κ1) is 24.2. The smallest absolute Gasteiger partial charge is 0.407 e. The van der Waals surface area contributed by atoms with Crippen molar-refractivity contribution in [2.45, 2.75) is 37.8 Å². The summed E-state index contributed by atoms with van der Waals surface area (Å²) >= 11 is 0. The third-order valence-electron chi connectivity index (χ3n) is 8.33. The monoisotopic (exact) mass is 510 g/mol. The molecule has 0 aliphatic heterocycles. The molecule has 2 amide bonds. The predicted molar refractivity (Wildman–Crippen MR) is 141 cm³/mol. The van der Waals surface area contributed by atoms with Gasteiger partial charge in [0.15, 0.2) is 0 Å². The van der Waals surface area contributed by atoms with Gasteiger partial charge in [-0.25, -0.2) is 4.79 Å². The average molecular weight is 511 g/mol. The molecule has 38 heavy (non-hydrogen) atoms. The van der Waals surface area contributed by atoms with Crippen molar-refractivity contribution in [1.82, 2.24) is 10.2 Å². The molecule has 2 saturated carbocycles. The number of carboxylic acids is 1. The van der Waals surface area contributed by atoms with Crippen molar-refractivity contribution >= 4 is 18.0 Å². The second-order valence-corrected chi connectivity index (χ2v) is 10.7. The Morgan fingerprint density at radius 3 is 2.18 bits per heavy atom. The molecule has 3 aromatic carbocycles. The maximum Gasteiger partial charge on any atom is 0.407 e. The van der Waals surface area contributed by atoms with E-state index in [1.807, 2.05) is 54.6 Å². The van der Waals surface area contributed by atoms with E-state index in [1.165, 1.54) is 16.0 Å². The zero-order valence-electron chi connectivity index (χ0n) is 21.0. The molecule has 194 valence electrons. The Labute approximate surface area is 221 Å². The Morgan fingerprint density at radius 1 is 0.895 bits per heavy atom. The van der Waals surface area contributed by atoms with Gasteiger partial charge >= 0.3 is 12.1 Å². The molecule has 3 aromatic rings. The Bertz CT molecular complexity index is 1340. The Hall–Kier alpha value is -4.13. The number of aliphatic carboxylic acids is 1. The van der Waals surface area contributed by atoms with Crippen molar-refractivity contribution in [3.8, 4) is 11.1 Å². The molecule has 2 fully saturated rings. The first-order valence-corrected chi connectivity index (χ1v) is 13.1. The number of benzene rings is 3. The topological polar surface area (TPSA) is 95.9 Å². The molecular formula is C31H30N2O5. The number of amides is 2. The van der Waals surface area contributed by atoms with Gasteiger partial charge in [0.05, 0.1) is 5.41 Å². The van der Waals surface area contributed by atoms with Gasteiger partial charge in [-0.1, -0.05) is 78.9 Å². The van der Waals surface area contributed by atoms with Gasteiger partial charge < -0.3 is 20.1 Å². The van der Waals surface area contributed by atoms with E-state index in [4.69, 9.17) is 4.74 Å². The number of hydrogen-bond acceptors (Lipinski definition) is 4. The molecule has 7 heteroatoms.